The first-order valence-electron chi connectivity index (χ1n) is 8.41. The first-order valence-corrected chi connectivity index (χ1v) is 8.41. The summed E-state index contributed by atoms with van der Waals surface area (Å²) in [5.74, 6) is 3.35. The monoisotopic (exact) mass is 468 g/mol. The van der Waals surface area contributed by atoms with Crippen molar-refractivity contribution < 1.29 is 4.74 Å². The van der Waals surface area contributed by atoms with Crippen molar-refractivity contribution in [2.75, 3.05) is 13.2 Å². The molecule has 0 spiro atoms. The average molecular weight is 468 g/mol. The molecule has 0 saturated carbocycles. The molecule has 0 bridgehead atoms. The number of para-hydroxylation sites is 1. The molecular weight excluding hydrogens is 443 g/mol. The minimum absolute atomic E-state index is 0. The maximum Gasteiger partial charge on any atom is 0.192 e. The highest BCUT2D eigenvalue weighted by Crippen LogP contribution is 2.31. The Balaban J connectivity index is 0.00000243. The third-order valence-corrected chi connectivity index (χ3v) is 4.24. The Kier molecular flexibility index (Phi) is 7.43. The van der Waals surface area contributed by atoms with Crippen LogP contribution in [0.2, 0.25) is 0 Å². The SMILES string of the molecule is C=CCNC(=NCc1nnc(C)n1C)NC1CCOc2ccccc21.I. The Morgan fingerprint density at radius 2 is 2.23 bits per heavy atom. The molecule has 1 atom stereocenters. The van der Waals surface area contributed by atoms with Gasteiger partial charge in [0.25, 0.3) is 0 Å². The Labute approximate surface area is 171 Å². The first-order chi connectivity index (χ1) is 12.2. The Morgan fingerprint density at radius 1 is 1.42 bits per heavy atom. The number of hydrogen-bond acceptors (Lipinski definition) is 4. The number of fused-ring (bicyclic) bond motifs is 1. The number of halogens is 1. The van der Waals surface area contributed by atoms with Gasteiger partial charge in [0.15, 0.2) is 11.8 Å². The van der Waals surface area contributed by atoms with Crippen LogP contribution in [0.25, 0.3) is 0 Å². The predicted octanol–water partition coefficient (Wildman–Crippen LogP) is 2.49. The predicted molar refractivity (Wildman–Crippen MR) is 113 cm³/mol. The summed E-state index contributed by atoms with van der Waals surface area (Å²) in [6.07, 6.45) is 2.69. The molecule has 1 aromatic carbocycles. The fourth-order valence-corrected chi connectivity index (χ4v) is 2.72. The van der Waals surface area contributed by atoms with Gasteiger partial charge in [-0.05, 0) is 13.0 Å². The molecule has 1 aliphatic heterocycles. The van der Waals surface area contributed by atoms with Crippen LogP contribution >= 0.6 is 24.0 Å². The van der Waals surface area contributed by atoms with E-state index < -0.39 is 0 Å². The van der Waals surface area contributed by atoms with E-state index >= 15 is 0 Å². The molecule has 2 N–H and O–H groups in total. The van der Waals surface area contributed by atoms with E-state index in [1.807, 2.05) is 42.8 Å². The molecule has 1 aromatic heterocycles. The van der Waals surface area contributed by atoms with Crippen molar-refractivity contribution in [3.8, 4) is 5.75 Å². The summed E-state index contributed by atoms with van der Waals surface area (Å²) in [6, 6.07) is 8.26. The van der Waals surface area contributed by atoms with E-state index in [0.29, 0.717) is 19.7 Å². The quantitative estimate of drug-likeness (QED) is 0.305. The number of guanidine groups is 1. The highest BCUT2D eigenvalue weighted by atomic mass is 127. The lowest BCUT2D eigenvalue weighted by atomic mass is 10.0. The summed E-state index contributed by atoms with van der Waals surface area (Å²) < 4.78 is 7.67. The number of ether oxygens (including phenoxy) is 1. The van der Waals surface area contributed by atoms with E-state index in [0.717, 1.165) is 35.3 Å². The van der Waals surface area contributed by atoms with Gasteiger partial charge in [0.1, 0.15) is 18.1 Å². The molecule has 0 saturated heterocycles. The van der Waals surface area contributed by atoms with Crippen LogP contribution in [0.5, 0.6) is 5.75 Å². The van der Waals surface area contributed by atoms with Crippen molar-refractivity contribution in [3.05, 3.63) is 54.1 Å². The largest absolute Gasteiger partial charge is 0.493 e. The zero-order valence-corrected chi connectivity index (χ0v) is 17.4. The zero-order valence-electron chi connectivity index (χ0n) is 15.1. The summed E-state index contributed by atoms with van der Waals surface area (Å²) in [4.78, 5) is 4.66. The van der Waals surface area contributed by atoms with Crippen LogP contribution in [-0.4, -0.2) is 33.9 Å². The van der Waals surface area contributed by atoms with Crippen LogP contribution in [0.15, 0.2) is 41.9 Å². The first kappa shape index (κ1) is 20.2. The molecule has 140 valence electrons. The summed E-state index contributed by atoms with van der Waals surface area (Å²) in [6.45, 7) is 7.46. The van der Waals surface area contributed by atoms with Crippen molar-refractivity contribution in [2.45, 2.75) is 25.9 Å². The minimum Gasteiger partial charge on any atom is -0.493 e. The third kappa shape index (κ3) is 4.75. The number of nitrogens with zero attached hydrogens (tertiary/aromatic N) is 4. The molecule has 1 aliphatic rings. The fourth-order valence-electron chi connectivity index (χ4n) is 2.72. The number of rotatable bonds is 5. The second-order valence-corrected chi connectivity index (χ2v) is 5.93. The van der Waals surface area contributed by atoms with E-state index in [2.05, 4.69) is 38.5 Å². The van der Waals surface area contributed by atoms with Crippen LogP contribution < -0.4 is 15.4 Å². The van der Waals surface area contributed by atoms with Crippen LogP contribution in [0.3, 0.4) is 0 Å². The standard InChI is InChI=1S/C18H24N6O.HI/c1-4-10-19-18(20-12-17-23-22-13(2)24(17)3)21-15-9-11-25-16-8-6-5-7-14(15)16;/h4-8,15H,1,9-12H2,2-3H3,(H2,19,20,21);1H. The molecule has 8 heteroatoms. The van der Waals surface area contributed by atoms with E-state index in [9.17, 15) is 0 Å². The van der Waals surface area contributed by atoms with Gasteiger partial charge in [-0.15, -0.1) is 40.8 Å². The number of aryl methyl sites for hydroxylation is 1. The second kappa shape index (κ2) is 9.56. The number of benzene rings is 1. The average Bonchev–Trinajstić information content (AvgIpc) is 2.96. The minimum atomic E-state index is 0. The van der Waals surface area contributed by atoms with Gasteiger partial charge in [0.2, 0.25) is 0 Å². The van der Waals surface area contributed by atoms with E-state index in [1.165, 1.54) is 0 Å². The molecule has 0 fully saturated rings. The second-order valence-electron chi connectivity index (χ2n) is 5.93. The number of aliphatic imine (C=N–C) groups is 1. The molecule has 7 nitrogen and oxygen atoms in total. The molecule has 0 aliphatic carbocycles. The number of hydrogen-bond donors (Lipinski definition) is 2. The van der Waals surface area contributed by atoms with Gasteiger partial charge in [-0.2, -0.15) is 0 Å². The van der Waals surface area contributed by atoms with Crippen molar-refractivity contribution in [3.63, 3.8) is 0 Å². The lowest BCUT2D eigenvalue weighted by Gasteiger charge is -2.28. The summed E-state index contributed by atoms with van der Waals surface area (Å²) in [7, 11) is 1.94. The fraction of sp³-hybridized carbons (Fsp3) is 0.389. The van der Waals surface area contributed by atoms with Crippen LogP contribution in [-0.2, 0) is 13.6 Å². The van der Waals surface area contributed by atoms with Crippen molar-refractivity contribution in [1.29, 1.82) is 0 Å². The number of nitrogens with one attached hydrogen (secondary N) is 2. The molecule has 0 radical (unpaired) electrons. The normalized spacial score (nSPS) is 16.1. The zero-order chi connectivity index (χ0) is 17.6. The van der Waals surface area contributed by atoms with Gasteiger partial charge < -0.3 is 19.9 Å². The van der Waals surface area contributed by atoms with Crippen LogP contribution in [0.4, 0.5) is 0 Å². The van der Waals surface area contributed by atoms with E-state index in [4.69, 9.17) is 4.74 Å². The Bertz CT molecular complexity index is 773. The molecule has 2 aromatic rings. The van der Waals surface area contributed by atoms with Gasteiger partial charge in [0, 0.05) is 25.6 Å². The smallest absolute Gasteiger partial charge is 0.192 e. The Morgan fingerprint density at radius 3 is 2.96 bits per heavy atom. The molecule has 26 heavy (non-hydrogen) atoms. The van der Waals surface area contributed by atoms with Crippen molar-refractivity contribution >= 4 is 29.9 Å². The maximum atomic E-state index is 5.73. The van der Waals surface area contributed by atoms with Gasteiger partial charge in [-0.3, -0.25) is 0 Å². The van der Waals surface area contributed by atoms with E-state index in [-0.39, 0.29) is 30.0 Å². The molecule has 2 heterocycles. The van der Waals surface area contributed by atoms with Crippen LogP contribution in [0, 0.1) is 6.92 Å². The maximum absolute atomic E-state index is 5.73. The topological polar surface area (TPSA) is 76.4 Å². The molecular formula is C18H25IN6O. The lowest BCUT2D eigenvalue weighted by Crippen LogP contribution is -2.41. The highest BCUT2D eigenvalue weighted by Gasteiger charge is 2.21. The molecule has 0 amide bonds. The summed E-state index contributed by atoms with van der Waals surface area (Å²) in [5, 5.41) is 15.0. The molecule has 1 unspecified atom stereocenters. The number of aromatic nitrogens is 3. The van der Waals surface area contributed by atoms with Crippen LogP contribution in [0.1, 0.15) is 29.7 Å². The van der Waals surface area contributed by atoms with Gasteiger partial charge in [0.05, 0.1) is 12.6 Å². The van der Waals surface area contributed by atoms with Gasteiger partial charge in [-0.25, -0.2) is 4.99 Å². The molecule has 3 rings (SSSR count). The van der Waals surface area contributed by atoms with Gasteiger partial charge in [-0.1, -0.05) is 24.3 Å². The highest BCUT2D eigenvalue weighted by molar-refractivity contribution is 14.0. The third-order valence-electron chi connectivity index (χ3n) is 4.24. The summed E-state index contributed by atoms with van der Waals surface area (Å²) in [5.41, 5.74) is 1.15. The summed E-state index contributed by atoms with van der Waals surface area (Å²) >= 11 is 0. The van der Waals surface area contributed by atoms with Crippen molar-refractivity contribution in [2.24, 2.45) is 12.0 Å². The van der Waals surface area contributed by atoms with E-state index in [1.54, 1.807) is 0 Å². The Hall–Kier alpha value is -2.10. The van der Waals surface area contributed by atoms with Gasteiger partial charge >= 0.3 is 0 Å². The van der Waals surface area contributed by atoms with Crippen molar-refractivity contribution in [1.82, 2.24) is 25.4 Å². The lowest BCUT2D eigenvalue weighted by molar-refractivity contribution is 0.261.